The molecule has 0 fully saturated rings. The maximum atomic E-state index is 14.4. The summed E-state index contributed by atoms with van der Waals surface area (Å²) < 4.78 is 34.5. The number of carbonyl (C=O) groups is 1. The molecule has 0 spiro atoms. The Balaban J connectivity index is 1.67. The average molecular weight is 341 g/mol. The minimum absolute atomic E-state index is 0.200. The van der Waals surface area contributed by atoms with Gasteiger partial charge in [-0.15, -0.1) is 0 Å². The van der Waals surface area contributed by atoms with Crippen LogP contribution in [0.5, 0.6) is 5.75 Å². The summed E-state index contributed by atoms with van der Waals surface area (Å²) in [6.45, 7) is 0.552. The number of carbonyl (C=O) groups excluding carboxylic acids is 1. The summed E-state index contributed by atoms with van der Waals surface area (Å²) in [5, 5.41) is 3.98. The van der Waals surface area contributed by atoms with E-state index >= 15 is 0 Å². The van der Waals surface area contributed by atoms with Crippen LogP contribution in [-0.4, -0.2) is 28.8 Å². The first-order valence-corrected chi connectivity index (χ1v) is 7.67. The SMILES string of the molecule is O=C(c1ccc(-n2cccn2)c(F)c1)N1CCOc2cc(F)ccc21. The normalized spacial score (nSPS) is 13.3. The molecule has 1 amide bonds. The molecule has 2 aromatic carbocycles. The van der Waals surface area contributed by atoms with Gasteiger partial charge in [-0.3, -0.25) is 4.79 Å². The molecule has 0 saturated heterocycles. The molecule has 0 atom stereocenters. The molecule has 0 aliphatic carbocycles. The van der Waals surface area contributed by atoms with Crippen molar-refractivity contribution in [3.63, 3.8) is 0 Å². The highest BCUT2D eigenvalue weighted by molar-refractivity contribution is 6.07. The van der Waals surface area contributed by atoms with Crippen LogP contribution in [0.15, 0.2) is 54.9 Å². The highest BCUT2D eigenvalue weighted by atomic mass is 19.1. The lowest BCUT2D eigenvalue weighted by Crippen LogP contribution is -2.38. The number of benzene rings is 2. The number of hydrogen-bond donors (Lipinski definition) is 0. The molecule has 1 aliphatic heterocycles. The first-order chi connectivity index (χ1) is 12.1. The van der Waals surface area contributed by atoms with Gasteiger partial charge in [0.1, 0.15) is 29.7 Å². The molecule has 25 heavy (non-hydrogen) atoms. The van der Waals surface area contributed by atoms with Crippen LogP contribution in [0.25, 0.3) is 5.69 Å². The van der Waals surface area contributed by atoms with Crippen LogP contribution in [0.2, 0.25) is 0 Å². The van der Waals surface area contributed by atoms with E-state index < -0.39 is 11.6 Å². The van der Waals surface area contributed by atoms with Crippen molar-refractivity contribution in [2.24, 2.45) is 0 Å². The van der Waals surface area contributed by atoms with E-state index in [1.54, 1.807) is 24.5 Å². The van der Waals surface area contributed by atoms with Gasteiger partial charge in [0, 0.05) is 24.0 Å². The number of amides is 1. The second-order valence-corrected chi connectivity index (χ2v) is 5.53. The zero-order valence-electron chi connectivity index (χ0n) is 13.0. The quantitative estimate of drug-likeness (QED) is 0.719. The molecule has 1 aliphatic rings. The lowest BCUT2D eigenvalue weighted by Gasteiger charge is -2.29. The number of fused-ring (bicyclic) bond motifs is 1. The Labute approximate surface area is 142 Å². The maximum absolute atomic E-state index is 14.4. The molecule has 1 aromatic heterocycles. The fourth-order valence-corrected chi connectivity index (χ4v) is 2.80. The summed E-state index contributed by atoms with van der Waals surface area (Å²) >= 11 is 0. The van der Waals surface area contributed by atoms with Gasteiger partial charge in [-0.2, -0.15) is 5.10 Å². The predicted octanol–water partition coefficient (Wildman–Crippen LogP) is 3.19. The Morgan fingerprint density at radius 2 is 1.96 bits per heavy atom. The topological polar surface area (TPSA) is 47.4 Å². The summed E-state index contributed by atoms with van der Waals surface area (Å²) in [5.74, 6) is -1.07. The van der Waals surface area contributed by atoms with Gasteiger partial charge < -0.3 is 9.64 Å². The molecule has 0 bridgehead atoms. The first-order valence-electron chi connectivity index (χ1n) is 7.67. The molecule has 5 nitrogen and oxygen atoms in total. The van der Waals surface area contributed by atoms with Crippen LogP contribution in [-0.2, 0) is 0 Å². The standard InChI is InChI=1S/C18H13F2N3O2/c19-13-3-5-16-17(11-13)25-9-8-22(16)18(24)12-2-4-15(14(20)10-12)23-7-1-6-21-23/h1-7,10-11H,8-9H2. The molecule has 0 N–H and O–H groups in total. The second kappa shape index (κ2) is 6.01. The van der Waals surface area contributed by atoms with E-state index in [0.29, 0.717) is 18.0 Å². The Hall–Kier alpha value is -3.22. The fraction of sp³-hybridized carbons (Fsp3) is 0.111. The average Bonchev–Trinajstić information content (AvgIpc) is 3.14. The molecular formula is C18H13F2N3O2. The molecule has 3 aromatic rings. The van der Waals surface area contributed by atoms with E-state index in [1.165, 1.54) is 39.9 Å². The summed E-state index contributed by atoms with van der Waals surface area (Å²) in [6.07, 6.45) is 3.16. The largest absolute Gasteiger partial charge is 0.489 e. The van der Waals surface area contributed by atoms with Crippen LogP contribution in [0.1, 0.15) is 10.4 Å². The van der Waals surface area contributed by atoms with Crippen molar-refractivity contribution in [2.45, 2.75) is 0 Å². The van der Waals surface area contributed by atoms with Crippen LogP contribution < -0.4 is 9.64 Å². The van der Waals surface area contributed by atoms with Gasteiger partial charge in [-0.1, -0.05) is 0 Å². The van der Waals surface area contributed by atoms with Crippen molar-refractivity contribution in [3.05, 3.63) is 72.1 Å². The molecular weight excluding hydrogens is 328 g/mol. The van der Waals surface area contributed by atoms with Crippen molar-refractivity contribution in [3.8, 4) is 11.4 Å². The van der Waals surface area contributed by atoms with Crippen LogP contribution >= 0.6 is 0 Å². The Morgan fingerprint density at radius 3 is 2.72 bits per heavy atom. The third-order valence-electron chi connectivity index (χ3n) is 3.98. The fourth-order valence-electron chi connectivity index (χ4n) is 2.80. The highest BCUT2D eigenvalue weighted by Crippen LogP contribution is 2.33. The van der Waals surface area contributed by atoms with E-state index in [4.69, 9.17) is 4.74 Å². The minimum atomic E-state index is -0.554. The Kier molecular flexibility index (Phi) is 3.68. The van der Waals surface area contributed by atoms with Crippen molar-refractivity contribution in [1.29, 1.82) is 0 Å². The van der Waals surface area contributed by atoms with E-state index in [0.717, 1.165) is 0 Å². The van der Waals surface area contributed by atoms with Gasteiger partial charge in [-0.05, 0) is 36.4 Å². The lowest BCUT2D eigenvalue weighted by atomic mass is 10.1. The van der Waals surface area contributed by atoms with Crippen LogP contribution in [0.3, 0.4) is 0 Å². The number of hydrogen-bond acceptors (Lipinski definition) is 3. The molecule has 126 valence electrons. The van der Waals surface area contributed by atoms with Crippen molar-refractivity contribution >= 4 is 11.6 Å². The molecule has 0 unspecified atom stereocenters. The Morgan fingerprint density at radius 1 is 1.12 bits per heavy atom. The molecule has 2 heterocycles. The van der Waals surface area contributed by atoms with Gasteiger partial charge >= 0.3 is 0 Å². The van der Waals surface area contributed by atoms with Gasteiger partial charge in [-0.25, -0.2) is 13.5 Å². The van der Waals surface area contributed by atoms with E-state index in [2.05, 4.69) is 5.10 Å². The lowest BCUT2D eigenvalue weighted by molar-refractivity contribution is 0.0976. The second-order valence-electron chi connectivity index (χ2n) is 5.53. The summed E-state index contributed by atoms with van der Waals surface area (Å²) in [6, 6.07) is 9.88. The number of aromatic nitrogens is 2. The minimum Gasteiger partial charge on any atom is -0.489 e. The molecule has 7 heteroatoms. The number of anilines is 1. The molecule has 4 rings (SSSR count). The van der Waals surface area contributed by atoms with Gasteiger partial charge in [0.2, 0.25) is 0 Å². The smallest absolute Gasteiger partial charge is 0.258 e. The van der Waals surface area contributed by atoms with Crippen LogP contribution in [0, 0.1) is 11.6 Å². The number of halogens is 2. The zero-order valence-corrected chi connectivity index (χ0v) is 13.0. The number of nitrogens with zero attached hydrogens (tertiary/aromatic N) is 3. The van der Waals surface area contributed by atoms with Crippen molar-refractivity contribution in [2.75, 3.05) is 18.1 Å². The van der Waals surface area contributed by atoms with E-state index in [1.807, 2.05) is 0 Å². The zero-order chi connectivity index (χ0) is 17.4. The third-order valence-corrected chi connectivity index (χ3v) is 3.98. The van der Waals surface area contributed by atoms with Crippen molar-refractivity contribution in [1.82, 2.24) is 9.78 Å². The van der Waals surface area contributed by atoms with Gasteiger partial charge in [0.05, 0.1) is 12.2 Å². The van der Waals surface area contributed by atoms with Crippen molar-refractivity contribution < 1.29 is 18.3 Å². The first kappa shape index (κ1) is 15.3. The van der Waals surface area contributed by atoms with Gasteiger partial charge in [0.25, 0.3) is 5.91 Å². The van der Waals surface area contributed by atoms with Crippen LogP contribution in [0.4, 0.5) is 14.5 Å². The maximum Gasteiger partial charge on any atom is 0.258 e. The monoisotopic (exact) mass is 341 g/mol. The summed E-state index contributed by atoms with van der Waals surface area (Å²) in [7, 11) is 0. The molecule has 0 radical (unpaired) electrons. The Bertz CT molecular complexity index is 941. The number of ether oxygens (including phenoxy) is 1. The third kappa shape index (κ3) is 2.73. The molecule has 0 saturated carbocycles. The summed E-state index contributed by atoms with van der Waals surface area (Å²) in [5.41, 5.74) is 0.922. The van der Waals surface area contributed by atoms with E-state index in [9.17, 15) is 13.6 Å². The van der Waals surface area contributed by atoms with E-state index in [-0.39, 0.29) is 23.8 Å². The predicted molar refractivity (Wildman–Crippen MR) is 87.1 cm³/mol. The van der Waals surface area contributed by atoms with Gasteiger partial charge in [0.15, 0.2) is 0 Å². The summed E-state index contributed by atoms with van der Waals surface area (Å²) in [4.78, 5) is 14.2. The highest BCUT2D eigenvalue weighted by Gasteiger charge is 2.25. The number of rotatable bonds is 2.